The maximum Gasteiger partial charge on any atom is 0.244 e. The summed E-state index contributed by atoms with van der Waals surface area (Å²) in [7, 11) is 3.20. The third kappa shape index (κ3) is 2.82. The molecule has 20 heavy (non-hydrogen) atoms. The van der Waals surface area contributed by atoms with Crippen LogP contribution in [0.4, 0.5) is 0 Å². The Bertz CT molecular complexity index is 486. The SMILES string of the molecule is COC1CN(C(=O)C(C#N)c2ccccc2)CC1OC. The highest BCUT2D eigenvalue weighted by molar-refractivity contribution is 5.86. The van der Waals surface area contributed by atoms with Crippen molar-refractivity contribution in [3.8, 4) is 6.07 Å². The molecule has 106 valence electrons. The molecule has 0 spiro atoms. The van der Waals surface area contributed by atoms with E-state index in [1.165, 1.54) is 0 Å². The van der Waals surface area contributed by atoms with Crippen LogP contribution in [0.2, 0.25) is 0 Å². The molecule has 0 radical (unpaired) electrons. The monoisotopic (exact) mass is 274 g/mol. The first-order valence-electron chi connectivity index (χ1n) is 6.50. The van der Waals surface area contributed by atoms with Crippen molar-refractivity contribution < 1.29 is 14.3 Å². The van der Waals surface area contributed by atoms with Gasteiger partial charge in [-0.05, 0) is 5.56 Å². The number of ether oxygens (including phenoxy) is 2. The molecular formula is C15H18N2O3. The van der Waals surface area contributed by atoms with Crippen LogP contribution in [0.25, 0.3) is 0 Å². The van der Waals surface area contributed by atoms with Crippen LogP contribution in [-0.2, 0) is 14.3 Å². The lowest BCUT2D eigenvalue weighted by Crippen LogP contribution is -2.34. The molecule has 5 nitrogen and oxygen atoms in total. The minimum atomic E-state index is -0.774. The molecule has 0 saturated carbocycles. The van der Waals surface area contributed by atoms with Gasteiger partial charge in [-0.1, -0.05) is 30.3 Å². The molecule has 5 heteroatoms. The highest BCUT2D eigenvalue weighted by Gasteiger charge is 2.38. The second-order valence-electron chi connectivity index (χ2n) is 4.76. The van der Waals surface area contributed by atoms with Crippen LogP contribution in [0, 0.1) is 11.3 Å². The number of hydrogen-bond acceptors (Lipinski definition) is 4. The number of nitrogens with zero attached hydrogens (tertiary/aromatic N) is 2. The van der Waals surface area contributed by atoms with Gasteiger partial charge < -0.3 is 14.4 Å². The molecule has 1 saturated heterocycles. The van der Waals surface area contributed by atoms with E-state index in [2.05, 4.69) is 6.07 Å². The van der Waals surface area contributed by atoms with Crippen molar-refractivity contribution in [3.05, 3.63) is 35.9 Å². The number of benzene rings is 1. The van der Waals surface area contributed by atoms with Crippen LogP contribution in [0.3, 0.4) is 0 Å². The second kappa shape index (κ2) is 6.51. The Morgan fingerprint density at radius 2 is 1.80 bits per heavy atom. The summed E-state index contributed by atoms with van der Waals surface area (Å²) in [5.74, 6) is -0.968. The predicted molar refractivity (Wildman–Crippen MR) is 73.0 cm³/mol. The van der Waals surface area contributed by atoms with Gasteiger partial charge in [0.15, 0.2) is 0 Å². The molecule has 1 amide bonds. The van der Waals surface area contributed by atoms with Gasteiger partial charge in [-0.25, -0.2) is 0 Å². The maximum atomic E-state index is 12.5. The molecule has 0 N–H and O–H groups in total. The molecule has 1 aromatic rings. The highest BCUT2D eigenvalue weighted by Crippen LogP contribution is 2.23. The number of carbonyl (C=O) groups excluding carboxylic acids is 1. The summed E-state index contributed by atoms with van der Waals surface area (Å²) >= 11 is 0. The second-order valence-corrected chi connectivity index (χ2v) is 4.76. The Balaban J connectivity index is 2.13. The van der Waals surface area contributed by atoms with E-state index in [1.807, 2.05) is 18.2 Å². The number of hydrogen-bond donors (Lipinski definition) is 0. The predicted octanol–water partition coefficient (Wildman–Crippen LogP) is 1.17. The van der Waals surface area contributed by atoms with Crippen LogP contribution >= 0.6 is 0 Å². The van der Waals surface area contributed by atoms with E-state index >= 15 is 0 Å². The number of likely N-dealkylation sites (tertiary alicyclic amines) is 1. The lowest BCUT2D eigenvalue weighted by Gasteiger charge is -2.19. The van der Waals surface area contributed by atoms with Crippen molar-refractivity contribution in [2.24, 2.45) is 0 Å². The van der Waals surface area contributed by atoms with Crippen LogP contribution in [0.5, 0.6) is 0 Å². The standard InChI is InChI=1S/C15H18N2O3/c1-19-13-9-17(10-14(13)20-2)15(18)12(8-16)11-6-4-3-5-7-11/h3-7,12-14H,9-10H2,1-2H3. The molecule has 3 atom stereocenters. The molecule has 0 aliphatic carbocycles. The number of amides is 1. The van der Waals surface area contributed by atoms with Crippen LogP contribution in [0.1, 0.15) is 11.5 Å². The Kier molecular flexibility index (Phi) is 4.72. The summed E-state index contributed by atoms with van der Waals surface area (Å²) in [6.07, 6.45) is -0.280. The van der Waals surface area contributed by atoms with E-state index in [4.69, 9.17) is 9.47 Å². The van der Waals surface area contributed by atoms with Crippen molar-refractivity contribution in [1.29, 1.82) is 5.26 Å². The average molecular weight is 274 g/mol. The fourth-order valence-electron chi connectivity index (χ4n) is 2.48. The summed E-state index contributed by atoms with van der Waals surface area (Å²) in [5, 5.41) is 9.30. The first-order chi connectivity index (χ1) is 9.71. The van der Waals surface area contributed by atoms with Crippen molar-refractivity contribution in [1.82, 2.24) is 4.90 Å². The normalized spacial score (nSPS) is 23.4. The van der Waals surface area contributed by atoms with Gasteiger partial charge in [0.25, 0.3) is 0 Å². The zero-order valence-corrected chi connectivity index (χ0v) is 11.7. The average Bonchev–Trinajstić information content (AvgIpc) is 2.92. The third-order valence-electron chi connectivity index (χ3n) is 3.64. The van der Waals surface area contributed by atoms with E-state index < -0.39 is 5.92 Å². The van der Waals surface area contributed by atoms with Gasteiger partial charge in [-0.15, -0.1) is 0 Å². The zero-order valence-electron chi connectivity index (χ0n) is 11.7. The Hall–Kier alpha value is -1.90. The number of methoxy groups -OCH3 is 2. The summed E-state index contributed by atoms with van der Waals surface area (Å²) in [6, 6.07) is 11.2. The highest BCUT2D eigenvalue weighted by atomic mass is 16.5. The fraction of sp³-hybridized carbons (Fsp3) is 0.467. The van der Waals surface area contributed by atoms with Gasteiger partial charge in [0, 0.05) is 27.3 Å². The summed E-state index contributed by atoms with van der Waals surface area (Å²) in [6.45, 7) is 0.914. The summed E-state index contributed by atoms with van der Waals surface area (Å²) in [5.41, 5.74) is 0.717. The molecule has 0 bridgehead atoms. The van der Waals surface area contributed by atoms with Crippen molar-refractivity contribution >= 4 is 5.91 Å². The molecule has 1 heterocycles. The number of rotatable bonds is 4. The quantitative estimate of drug-likeness (QED) is 0.826. The van der Waals surface area contributed by atoms with Gasteiger partial charge >= 0.3 is 0 Å². The van der Waals surface area contributed by atoms with Crippen molar-refractivity contribution in [3.63, 3.8) is 0 Å². The molecule has 1 fully saturated rings. The van der Waals surface area contributed by atoms with Gasteiger partial charge in [0.1, 0.15) is 18.1 Å². The van der Waals surface area contributed by atoms with E-state index in [0.29, 0.717) is 13.1 Å². The fourth-order valence-corrected chi connectivity index (χ4v) is 2.48. The lowest BCUT2D eigenvalue weighted by atomic mass is 9.99. The van der Waals surface area contributed by atoms with Gasteiger partial charge in [0.2, 0.25) is 5.91 Å². The van der Waals surface area contributed by atoms with Gasteiger partial charge in [-0.2, -0.15) is 5.26 Å². The van der Waals surface area contributed by atoms with Gasteiger partial charge in [0.05, 0.1) is 6.07 Å². The first-order valence-corrected chi connectivity index (χ1v) is 6.50. The van der Waals surface area contributed by atoms with E-state index in [1.54, 1.807) is 31.3 Å². The third-order valence-corrected chi connectivity index (χ3v) is 3.64. The summed E-state index contributed by atoms with van der Waals surface area (Å²) in [4.78, 5) is 14.1. The summed E-state index contributed by atoms with van der Waals surface area (Å²) < 4.78 is 10.6. The number of nitriles is 1. The largest absolute Gasteiger partial charge is 0.377 e. The molecule has 0 aromatic heterocycles. The maximum absolute atomic E-state index is 12.5. The number of carbonyl (C=O) groups is 1. The topological polar surface area (TPSA) is 62.6 Å². The molecule has 1 aliphatic rings. The van der Waals surface area contributed by atoms with E-state index in [0.717, 1.165) is 5.56 Å². The Morgan fingerprint density at radius 3 is 2.25 bits per heavy atom. The Labute approximate surface area is 118 Å². The van der Waals surface area contributed by atoms with E-state index in [9.17, 15) is 10.1 Å². The molecular weight excluding hydrogens is 256 g/mol. The van der Waals surface area contributed by atoms with Crippen LogP contribution < -0.4 is 0 Å². The van der Waals surface area contributed by atoms with Crippen LogP contribution in [0.15, 0.2) is 30.3 Å². The zero-order chi connectivity index (χ0) is 14.5. The van der Waals surface area contributed by atoms with E-state index in [-0.39, 0.29) is 18.1 Å². The minimum absolute atomic E-state index is 0.140. The van der Waals surface area contributed by atoms with Crippen molar-refractivity contribution in [2.45, 2.75) is 18.1 Å². The molecule has 3 unspecified atom stereocenters. The first kappa shape index (κ1) is 14.5. The minimum Gasteiger partial charge on any atom is -0.377 e. The molecule has 2 rings (SSSR count). The lowest BCUT2D eigenvalue weighted by molar-refractivity contribution is -0.131. The smallest absolute Gasteiger partial charge is 0.244 e. The molecule has 1 aromatic carbocycles. The van der Waals surface area contributed by atoms with Crippen LogP contribution in [-0.4, -0.2) is 50.3 Å². The Morgan fingerprint density at radius 1 is 1.25 bits per heavy atom. The van der Waals surface area contributed by atoms with Gasteiger partial charge in [-0.3, -0.25) is 4.79 Å². The molecule has 1 aliphatic heterocycles. The van der Waals surface area contributed by atoms with Crippen molar-refractivity contribution in [2.75, 3.05) is 27.3 Å².